The van der Waals surface area contributed by atoms with E-state index in [1.807, 2.05) is 0 Å². The predicted octanol–water partition coefficient (Wildman–Crippen LogP) is 4.90. The van der Waals surface area contributed by atoms with Crippen molar-refractivity contribution in [1.29, 1.82) is 0 Å². The fourth-order valence-electron chi connectivity index (χ4n) is 1.35. The van der Waals surface area contributed by atoms with Crippen LogP contribution in [0, 0.1) is 5.82 Å². The molecule has 0 saturated heterocycles. The standard InChI is InChI=1S/C10H9Cl2F4N.ClH/c11-5-1-2-6(12)9(13)8(5)7(17)3-4-10(14,15)16;/h1-2,7H,3-4,17H2;1H/t7-;/m1./s1. The van der Waals surface area contributed by atoms with Gasteiger partial charge in [-0.2, -0.15) is 13.2 Å². The van der Waals surface area contributed by atoms with Gasteiger partial charge in [0.05, 0.1) is 5.02 Å². The topological polar surface area (TPSA) is 26.0 Å². The maximum atomic E-state index is 13.6. The molecule has 1 nitrogen and oxygen atoms in total. The van der Waals surface area contributed by atoms with Crippen molar-refractivity contribution >= 4 is 35.6 Å². The van der Waals surface area contributed by atoms with Gasteiger partial charge < -0.3 is 5.73 Å². The van der Waals surface area contributed by atoms with E-state index in [0.29, 0.717) is 0 Å². The van der Waals surface area contributed by atoms with Crippen molar-refractivity contribution in [2.75, 3.05) is 0 Å². The summed E-state index contributed by atoms with van der Waals surface area (Å²) < 4.78 is 49.6. The fraction of sp³-hybridized carbons (Fsp3) is 0.400. The maximum absolute atomic E-state index is 13.6. The van der Waals surface area contributed by atoms with E-state index >= 15 is 0 Å². The molecule has 0 amide bonds. The van der Waals surface area contributed by atoms with Crippen LogP contribution >= 0.6 is 35.6 Å². The molecule has 0 aliphatic heterocycles. The Bertz CT molecular complexity index is 409. The minimum Gasteiger partial charge on any atom is -0.324 e. The van der Waals surface area contributed by atoms with Crippen LogP contribution < -0.4 is 5.73 Å². The molecule has 0 aromatic heterocycles. The van der Waals surface area contributed by atoms with Crippen LogP contribution in [0.3, 0.4) is 0 Å². The average Bonchev–Trinajstić information content (AvgIpc) is 2.20. The Labute approximate surface area is 118 Å². The Kier molecular flexibility index (Phi) is 6.71. The molecule has 1 rings (SSSR count). The number of halogens is 7. The number of nitrogens with two attached hydrogens (primary N) is 1. The van der Waals surface area contributed by atoms with Gasteiger partial charge in [0.2, 0.25) is 0 Å². The fourth-order valence-corrected chi connectivity index (χ4v) is 1.80. The van der Waals surface area contributed by atoms with Gasteiger partial charge in [0.15, 0.2) is 0 Å². The molecule has 0 bridgehead atoms. The van der Waals surface area contributed by atoms with Crippen molar-refractivity contribution in [1.82, 2.24) is 0 Å². The molecular weight excluding hydrogens is 316 g/mol. The third kappa shape index (κ3) is 4.80. The number of hydrogen-bond acceptors (Lipinski definition) is 1. The Morgan fingerprint density at radius 3 is 2.17 bits per heavy atom. The summed E-state index contributed by atoms with van der Waals surface area (Å²) in [5, 5.41) is -0.242. The summed E-state index contributed by atoms with van der Waals surface area (Å²) in [4.78, 5) is 0. The van der Waals surface area contributed by atoms with Crippen LogP contribution in [-0.2, 0) is 0 Å². The van der Waals surface area contributed by atoms with Gasteiger partial charge in [-0.05, 0) is 18.6 Å². The second kappa shape index (κ2) is 6.80. The molecule has 8 heteroatoms. The first-order valence-corrected chi connectivity index (χ1v) is 5.43. The summed E-state index contributed by atoms with van der Waals surface area (Å²) in [6.07, 6.45) is -5.88. The summed E-state index contributed by atoms with van der Waals surface area (Å²) in [5.74, 6) is -0.867. The highest BCUT2D eigenvalue weighted by molar-refractivity contribution is 6.33. The zero-order valence-corrected chi connectivity index (χ0v) is 11.2. The summed E-state index contributed by atoms with van der Waals surface area (Å²) in [7, 11) is 0. The summed E-state index contributed by atoms with van der Waals surface area (Å²) in [5.41, 5.74) is 5.31. The van der Waals surface area contributed by atoms with Crippen molar-refractivity contribution in [2.24, 2.45) is 5.73 Å². The van der Waals surface area contributed by atoms with E-state index in [9.17, 15) is 17.6 Å². The van der Waals surface area contributed by atoms with Gasteiger partial charge in [0.25, 0.3) is 0 Å². The van der Waals surface area contributed by atoms with Crippen LogP contribution in [0.5, 0.6) is 0 Å². The lowest BCUT2D eigenvalue weighted by Crippen LogP contribution is -2.17. The van der Waals surface area contributed by atoms with Gasteiger partial charge >= 0.3 is 6.18 Å². The van der Waals surface area contributed by atoms with Crippen LogP contribution in [0.25, 0.3) is 0 Å². The SMILES string of the molecule is Cl.N[C@H](CCC(F)(F)F)c1c(Cl)ccc(Cl)c1F. The van der Waals surface area contributed by atoms with Crippen LogP contribution in [0.4, 0.5) is 17.6 Å². The smallest absolute Gasteiger partial charge is 0.324 e. The van der Waals surface area contributed by atoms with Crippen molar-refractivity contribution in [3.05, 3.63) is 33.6 Å². The molecule has 0 heterocycles. The lowest BCUT2D eigenvalue weighted by atomic mass is 10.0. The monoisotopic (exact) mass is 325 g/mol. The molecule has 104 valence electrons. The van der Waals surface area contributed by atoms with Crippen molar-refractivity contribution in [3.63, 3.8) is 0 Å². The van der Waals surface area contributed by atoms with Gasteiger partial charge in [-0.1, -0.05) is 23.2 Å². The third-order valence-corrected chi connectivity index (χ3v) is 2.81. The molecule has 0 radical (unpaired) electrons. The van der Waals surface area contributed by atoms with Crippen LogP contribution in [0.15, 0.2) is 12.1 Å². The third-order valence-electron chi connectivity index (χ3n) is 2.19. The minimum atomic E-state index is -4.33. The zero-order valence-electron chi connectivity index (χ0n) is 8.90. The molecule has 1 aromatic carbocycles. The Morgan fingerprint density at radius 2 is 1.67 bits per heavy atom. The van der Waals surface area contributed by atoms with Gasteiger partial charge in [-0.3, -0.25) is 0 Å². The number of benzene rings is 1. The van der Waals surface area contributed by atoms with Gasteiger partial charge in [-0.15, -0.1) is 12.4 Å². The van der Waals surface area contributed by atoms with Crippen LogP contribution in [0.1, 0.15) is 24.4 Å². The van der Waals surface area contributed by atoms with E-state index in [1.54, 1.807) is 0 Å². The molecule has 0 spiro atoms. The second-order valence-electron chi connectivity index (χ2n) is 3.52. The maximum Gasteiger partial charge on any atom is 0.389 e. The first-order valence-electron chi connectivity index (χ1n) is 4.68. The molecule has 2 N–H and O–H groups in total. The number of alkyl halides is 3. The van der Waals surface area contributed by atoms with E-state index < -0.39 is 30.9 Å². The van der Waals surface area contributed by atoms with E-state index in [4.69, 9.17) is 28.9 Å². The molecule has 0 saturated carbocycles. The summed E-state index contributed by atoms with van der Waals surface area (Å²) in [6, 6.07) is 1.39. The molecule has 0 aliphatic carbocycles. The summed E-state index contributed by atoms with van der Waals surface area (Å²) in [6.45, 7) is 0. The zero-order chi connectivity index (χ0) is 13.2. The lowest BCUT2D eigenvalue weighted by molar-refractivity contribution is -0.136. The molecule has 18 heavy (non-hydrogen) atoms. The molecule has 1 atom stereocenters. The van der Waals surface area contributed by atoms with E-state index in [1.165, 1.54) is 12.1 Å². The van der Waals surface area contributed by atoms with Crippen LogP contribution in [0.2, 0.25) is 10.0 Å². The van der Waals surface area contributed by atoms with Crippen molar-refractivity contribution in [2.45, 2.75) is 25.1 Å². The molecule has 0 unspecified atom stereocenters. The van der Waals surface area contributed by atoms with E-state index in [0.717, 1.165) is 0 Å². The normalized spacial score (nSPS) is 13.1. The van der Waals surface area contributed by atoms with Gasteiger partial charge in [0.1, 0.15) is 5.82 Å². The largest absolute Gasteiger partial charge is 0.389 e. The Morgan fingerprint density at radius 1 is 1.17 bits per heavy atom. The highest BCUT2D eigenvalue weighted by Gasteiger charge is 2.29. The minimum absolute atomic E-state index is 0. The molecule has 1 aromatic rings. The number of rotatable bonds is 3. The second-order valence-corrected chi connectivity index (χ2v) is 4.33. The molecule has 0 fully saturated rings. The van der Waals surface area contributed by atoms with E-state index in [2.05, 4.69) is 0 Å². The first-order chi connectivity index (χ1) is 7.72. The number of hydrogen-bond donors (Lipinski definition) is 1. The van der Waals surface area contributed by atoms with Gasteiger partial charge in [-0.25, -0.2) is 4.39 Å². The predicted molar refractivity (Wildman–Crippen MR) is 65.9 cm³/mol. The lowest BCUT2D eigenvalue weighted by Gasteiger charge is -2.16. The Hall–Kier alpha value is -0.230. The Balaban J connectivity index is 0.00000289. The molecule has 0 aliphatic rings. The van der Waals surface area contributed by atoms with Crippen molar-refractivity contribution in [3.8, 4) is 0 Å². The van der Waals surface area contributed by atoms with E-state index in [-0.39, 0.29) is 28.0 Å². The highest BCUT2D eigenvalue weighted by Crippen LogP contribution is 2.33. The average molecular weight is 327 g/mol. The highest BCUT2D eigenvalue weighted by atomic mass is 35.5. The quantitative estimate of drug-likeness (QED) is 0.621. The first kappa shape index (κ1) is 17.8. The van der Waals surface area contributed by atoms with Crippen LogP contribution in [-0.4, -0.2) is 6.18 Å². The molecular formula is C10H10Cl3F4N. The summed E-state index contributed by atoms with van der Waals surface area (Å²) >= 11 is 11.2. The van der Waals surface area contributed by atoms with Crippen molar-refractivity contribution < 1.29 is 17.6 Å². The van der Waals surface area contributed by atoms with Gasteiger partial charge in [0, 0.05) is 23.0 Å².